The summed E-state index contributed by atoms with van der Waals surface area (Å²) in [6.45, 7) is 10.6. The van der Waals surface area contributed by atoms with Gasteiger partial charge in [-0.05, 0) is 50.7 Å². The fourth-order valence-corrected chi connectivity index (χ4v) is 2.06. The predicted molar refractivity (Wildman–Crippen MR) is 92.1 cm³/mol. The van der Waals surface area contributed by atoms with Gasteiger partial charge in [0.05, 0.1) is 0 Å². The van der Waals surface area contributed by atoms with Crippen molar-refractivity contribution in [2.45, 2.75) is 39.7 Å². The number of aromatic nitrogens is 1. The molecule has 1 aromatic rings. The Hall–Kier alpha value is -1.13. The van der Waals surface area contributed by atoms with Gasteiger partial charge < -0.3 is 15.1 Å². The van der Waals surface area contributed by atoms with Crippen LogP contribution < -0.4 is 10.2 Å². The molecule has 0 unspecified atom stereocenters. The molecule has 0 atom stereocenters. The number of anilines is 1. The Balaban J connectivity index is 2.85. The molecule has 4 heteroatoms. The summed E-state index contributed by atoms with van der Waals surface area (Å²) >= 11 is 0. The van der Waals surface area contributed by atoms with E-state index < -0.39 is 0 Å². The van der Waals surface area contributed by atoms with Crippen LogP contribution in [-0.2, 0) is 6.54 Å². The second kappa shape index (κ2) is 9.00. The predicted octanol–water partition coefficient (Wildman–Crippen LogP) is 2.70. The van der Waals surface area contributed by atoms with Gasteiger partial charge in [0.2, 0.25) is 0 Å². The lowest BCUT2D eigenvalue weighted by Crippen LogP contribution is -2.29. The van der Waals surface area contributed by atoms with Crippen molar-refractivity contribution < 1.29 is 0 Å². The fraction of sp³-hybridized carbons (Fsp3) is 0.706. The smallest absolute Gasteiger partial charge is 0.128 e. The topological polar surface area (TPSA) is 31.4 Å². The van der Waals surface area contributed by atoms with Gasteiger partial charge in [0.25, 0.3) is 0 Å². The van der Waals surface area contributed by atoms with Crippen LogP contribution in [0, 0.1) is 0 Å². The lowest BCUT2D eigenvalue weighted by molar-refractivity contribution is 0.416. The van der Waals surface area contributed by atoms with Crippen molar-refractivity contribution in [3.8, 4) is 0 Å². The first-order chi connectivity index (χ1) is 9.93. The van der Waals surface area contributed by atoms with Crippen LogP contribution in [0.3, 0.4) is 0 Å². The molecule has 0 aliphatic heterocycles. The fourth-order valence-electron chi connectivity index (χ4n) is 2.06. The van der Waals surface area contributed by atoms with Gasteiger partial charge in [-0.25, -0.2) is 4.98 Å². The Morgan fingerprint density at radius 2 is 1.86 bits per heavy atom. The highest BCUT2D eigenvalue weighted by molar-refractivity contribution is 5.42. The molecule has 0 aliphatic rings. The van der Waals surface area contributed by atoms with Crippen molar-refractivity contribution >= 4 is 5.82 Å². The highest BCUT2D eigenvalue weighted by atomic mass is 15.2. The maximum atomic E-state index is 4.82. The third-order valence-electron chi connectivity index (χ3n) is 3.51. The molecule has 1 N–H and O–H groups in total. The number of nitrogens with one attached hydrogen (secondary N) is 1. The Labute approximate surface area is 130 Å². The van der Waals surface area contributed by atoms with E-state index in [1.807, 2.05) is 0 Å². The molecular weight excluding hydrogens is 260 g/mol. The van der Waals surface area contributed by atoms with Crippen LogP contribution in [0.5, 0.6) is 0 Å². The number of hydrogen-bond acceptors (Lipinski definition) is 4. The molecule has 21 heavy (non-hydrogen) atoms. The van der Waals surface area contributed by atoms with Gasteiger partial charge in [-0.3, -0.25) is 0 Å². The summed E-state index contributed by atoms with van der Waals surface area (Å²) in [7, 11) is 6.33. The second-order valence-electron chi connectivity index (χ2n) is 6.31. The zero-order valence-corrected chi connectivity index (χ0v) is 14.6. The number of nitrogens with zero attached hydrogens (tertiary/aromatic N) is 3. The average molecular weight is 292 g/mol. The van der Waals surface area contributed by atoms with E-state index in [0.717, 1.165) is 38.4 Å². The SMILES string of the molecule is CCCNCc1cc(C(C)C)nc(N(C)CCN(C)C)c1. The molecule has 4 nitrogen and oxygen atoms in total. The van der Waals surface area contributed by atoms with Crippen LogP contribution in [0.4, 0.5) is 5.82 Å². The van der Waals surface area contributed by atoms with Gasteiger partial charge in [0.15, 0.2) is 0 Å². The molecule has 0 fully saturated rings. The Bertz CT molecular complexity index is 415. The number of rotatable bonds is 9. The summed E-state index contributed by atoms with van der Waals surface area (Å²) in [5.74, 6) is 1.54. The summed E-state index contributed by atoms with van der Waals surface area (Å²) in [5.41, 5.74) is 2.51. The zero-order valence-electron chi connectivity index (χ0n) is 14.6. The minimum Gasteiger partial charge on any atom is -0.358 e. The number of pyridine rings is 1. The molecule has 0 bridgehead atoms. The van der Waals surface area contributed by atoms with Crippen molar-refractivity contribution in [2.75, 3.05) is 45.7 Å². The Morgan fingerprint density at radius 1 is 1.14 bits per heavy atom. The molecule has 0 spiro atoms. The molecule has 0 radical (unpaired) electrons. The molecular formula is C17H32N4. The van der Waals surface area contributed by atoms with E-state index in [1.54, 1.807) is 0 Å². The van der Waals surface area contributed by atoms with Gasteiger partial charge in [-0.1, -0.05) is 20.8 Å². The van der Waals surface area contributed by atoms with E-state index in [1.165, 1.54) is 11.3 Å². The van der Waals surface area contributed by atoms with Gasteiger partial charge >= 0.3 is 0 Å². The van der Waals surface area contributed by atoms with Crippen molar-refractivity contribution in [1.82, 2.24) is 15.2 Å². The van der Waals surface area contributed by atoms with E-state index in [-0.39, 0.29) is 0 Å². The Morgan fingerprint density at radius 3 is 2.43 bits per heavy atom. The van der Waals surface area contributed by atoms with Gasteiger partial charge in [-0.2, -0.15) is 0 Å². The van der Waals surface area contributed by atoms with Crippen LogP contribution in [0.2, 0.25) is 0 Å². The molecule has 0 aromatic carbocycles. The van der Waals surface area contributed by atoms with E-state index in [0.29, 0.717) is 5.92 Å². The maximum absolute atomic E-state index is 4.82. The van der Waals surface area contributed by atoms with E-state index in [2.05, 4.69) is 69.2 Å². The van der Waals surface area contributed by atoms with Gasteiger partial charge in [0.1, 0.15) is 5.82 Å². The van der Waals surface area contributed by atoms with Crippen LogP contribution in [0.1, 0.15) is 44.4 Å². The molecule has 1 rings (SSSR count). The zero-order chi connectivity index (χ0) is 15.8. The minimum atomic E-state index is 0.456. The summed E-state index contributed by atoms with van der Waals surface area (Å²) < 4.78 is 0. The summed E-state index contributed by atoms with van der Waals surface area (Å²) in [4.78, 5) is 9.26. The quantitative estimate of drug-likeness (QED) is 0.709. The van der Waals surface area contributed by atoms with Crippen LogP contribution in [0.25, 0.3) is 0 Å². The van der Waals surface area contributed by atoms with E-state index >= 15 is 0 Å². The molecule has 0 saturated heterocycles. The summed E-state index contributed by atoms with van der Waals surface area (Å²) in [6.07, 6.45) is 1.16. The van der Waals surface area contributed by atoms with Gasteiger partial charge in [-0.15, -0.1) is 0 Å². The highest BCUT2D eigenvalue weighted by Gasteiger charge is 2.09. The van der Waals surface area contributed by atoms with Crippen LogP contribution in [-0.4, -0.2) is 50.7 Å². The van der Waals surface area contributed by atoms with Crippen molar-refractivity contribution in [3.63, 3.8) is 0 Å². The summed E-state index contributed by atoms with van der Waals surface area (Å²) in [5, 5.41) is 3.48. The first-order valence-electron chi connectivity index (χ1n) is 8.01. The number of hydrogen-bond donors (Lipinski definition) is 1. The largest absolute Gasteiger partial charge is 0.358 e. The molecule has 120 valence electrons. The van der Waals surface area contributed by atoms with Crippen molar-refractivity contribution in [2.24, 2.45) is 0 Å². The van der Waals surface area contributed by atoms with Gasteiger partial charge in [0, 0.05) is 32.4 Å². The lowest BCUT2D eigenvalue weighted by atomic mass is 10.1. The first-order valence-corrected chi connectivity index (χ1v) is 8.01. The van der Waals surface area contributed by atoms with Crippen LogP contribution in [0.15, 0.2) is 12.1 Å². The monoisotopic (exact) mass is 292 g/mol. The molecule has 1 heterocycles. The lowest BCUT2D eigenvalue weighted by Gasteiger charge is -2.22. The van der Waals surface area contributed by atoms with E-state index in [4.69, 9.17) is 4.98 Å². The average Bonchev–Trinajstić information content (AvgIpc) is 2.44. The third-order valence-corrected chi connectivity index (χ3v) is 3.51. The summed E-state index contributed by atoms with van der Waals surface area (Å²) in [6, 6.07) is 4.45. The third kappa shape index (κ3) is 6.44. The van der Waals surface area contributed by atoms with E-state index in [9.17, 15) is 0 Å². The minimum absolute atomic E-state index is 0.456. The maximum Gasteiger partial charge on any atom is 0.128 e. The first kappa shape index (κ1) is 17.9. The molecule has 0 aliphatic carbocycles. The molecule has 1 aromatic heterocycles. The molecule has 0 amide bonds. The Kier molecular flexibility index (Phi) is 7.68. The molecule has 0 saturated carbocycles. The van der Waals surface area contributed by atoms with Crippen LogP contribution >= 0.6 is 0 Å². The standard InChI is InChI=1S/C17H32N4/c1-7-8-18-13-15-11-16(14(2)3)19-17(12-15)21(6)10-9-20(4)5/h11-12,14,18H,7-10,13H2,1-6H3. The normalized spacial score (nSPS) is 11.4. The number of likely N-dealkylation sites (N-methyl/N-ethyl adjacent to an activating group) is 2. The van der Waals surface area contributed by atoms with Crippen molar-refractivity contribution in [1.29, 1.82) is 0 Å². The second-order valence-corrected chi connectivity index (χ2v) is 6.31. The van der Waals surface area contributed by atoms with Crippen molar-refractivity contribution in [3.05, 3.63) is 23.4 Å². The highest BCUT2D eigenvalue weighted by Crippen LogP contribution is 2.19.